The van der Waals surface area contributed by atoms with Gasteiger partial charge in [0.05, 0.1) is 7.11 Å². The molecule has 0 amide bonds. The van der Waals surface area contributed by atoms with Crippen molar-refractivity contribution in [2.24, 2.45) is 0 Å². The van der Waals surface area contributed by atoms with Crippen molar-refractivity contribution >= 4 is 5.82 Å². The first-order valence-electron chi connectivity index (χ1n) is 4.61. The minimum Gasteiger partial charge on any atom is -0.494 e. The fourth-order valence-corrected chi connectivity index (χ4v) is 1.39. The molecule has 0 unspecified atom stereocenters. The summed E-state index contributed by atoms with van der Waals surface area (Å²) in [6, 6.07) is 4.48. The predicted molar refractivity (Wildman–Crippen MR) is 58.4 cm³/mol. The number of nitrogens with zero attached hydrogens (tertiary/aromatic N) is 2. The number of nitrogen functional groups attached to an aromatic ring is 1. The largest absolute Gasteiger partial charge is 0.494 e. The Morgan fingerprint density at radius 1 is 1.38 bits per heavy atom. The van der Waals surface area contributed by atoms with Crippen LogP contribution in [0.5, 0.6) is 5.75 Å². The van der Waals surface area contributed by atoms with E-state index < -0.39 is 5.82 Å². The summed E-state index contributed by atoms with van der Waals surface area (Å²) in [4.78, 5) is 7.74. The second-order valence-electron chi connectivity index (χ2n) is 3.17. The number of hydrogen-bond acceptors (Lipinski definition) is 4. The van der Waals surface area contributed by atoms with Crippen LogP contribution in [0.3, 0.4) is 0 Å². The van der Waals surface area contributed by atoms with Crippen LogP contribution in [-0.2, 0) is 0 Å². The Morgan fingerprint density at radius 3 is 2.88 bits per heavy atom. The normalized spacial score (nSPS) is 10.1. The molecule has 1 aromatic heterocycles. The van der Waals surface area contributed by atoms with E-state index in [2.05, 4.69) is 9.97 Å². The molecule has 0 saturated carbocycles. The van der Waals surface area contributed by atoms with E-state index in [1.807, 2.05) is 0 Å². The Bertz CT molecular complexity index is 516. The molecular formula is C11H10FN3O. The summed E-state index contributed by atoms with van der Waals surface area (Å²) in [7, 11) is 1.41. The topological polar surface area (TPSA) is 61.0 Å². The molecule has 0 saturated heterocycles. The molecule has 0 aliphatic heterocycles. The van der Waals surface area contributed by atoms with Gasteiger partial charge in [0.15, 0.2) is 11.6 Å². The standard InChI is InChI=1S/C11H10FN3O/c1-16-10-4-7(2-3-9(10)12)8-5-14-6-15-11(8)13/h2-6H,1H3,(H2,13,14,15). The average Bonchev–Trinajstić information content (AvgIpc) is 2.31. The third-order valence-corrected chi connectivity index (χ3v) is 2.21. The molecule has 0 aliphatic carbocycles. The number of halogens is 1. The van der Waals surface area contributed by atoms with Gasteiger partial charge < -0.3 is 10.5 Å². The third kappa shape index (κ3) is 1.79. The van der Waals surface area contributed by atoms with Gasteiger partial charge in [0, 0.05) is 11.8 Å². The van der Waals surface area contributed by atoms with Crippen LogP contribution in [0.4, 0.5) is 10.2 Å². The van der Waals surface area contributed by atoms with E-state index in [-0.39, 0.29) is 5.75 Å². The second kappa shape index (κ2) is 4.14. The Morgan fingerprint density at radius 2 is 2.19 bits per heavy atom. The second-order valence-corrected chi connectivity index (χ2v) is 3.17. The zero-order valence-corrected chi connectivity index (χ0v) is 8.64. The highest BCUT2D eigenvalue weighted by Crippen LogP contribution is 2.28. The van der Waals surface area contributed by atoms with Crippen molar-refractivity contribution in [1.29, 1.82) is 0 Å². The lowest BCUT2D eigenvalue weighted by Gasteiger charge is -2.06. The zero-order valence-electron chi connectivity index (χ0n) is 8.64. The van der Waals surface area contributed by atoms with E-state index in [9.17, 15) is 4.39 Å². The summed E-state index contributed by atoms with van der Waals surface area (Å²) in [5.41, 5.74) is 7.07. The van der Waals surface area contributed by atoms with E-state index in [0.717, 1.165) is 5.56 Å². The fraction of sp³-hybridized carbons (Fsp3) is 0.0909. The van der Waals surface area contributed by atoms with Crippen LogP contribution < -0.4 is 10.5 Å². The van der Waals surface area contributed by atoms with Crippen molar-refractivity contribution in [3.63, 3.8) is 0 Å². The molecule has 2 rings (SSSR count). The molecule has 1 aromatic carbocycles. The highest BCUT2D eigenvalue weighted by Gasteiger charge is 2.08. The van der Waals surface area contributed by atoms with E-state index >= 15 is 0 Å². The van der Waals surface area contributed by atoms with Gasteiger partial charge >= 0.3 is 0 Å². The first-order valence-corrected chi connectivity index (χ1v) is 4.61. The number of hydrogen-bond donors (Lipinski definition) is 1. The molecule has 4 nitrogen and oxygen atoms in total. The lowest BCUT2D eigenvalue weighted by Crippen LogP contribution is -1.95. The van der Waals surface area contributed by atoms with Crippen molar-refractivity contribution in [3.05, 3.63) is 36.5 Å². The number of aromatic nitrogens is 2. The minimum absolute atomic E-state index is 0.167. The highest BCUT2D eigenvalue weighted by molar-refractivity contribution is 5.73. The number of anilines is 1. The summed E-state index contributed by atoms with van der Waals surface area (Å²) in [6.07, 6.45) is 2.94. The van der Waals surface area contributed by atoms with Crippen molar-refractivity contribution in [2.75, 3.05) is 12.8 Å². The zero-order chi connectivity index (χ0) is 11.5. The Hall–Kier alpha value is -2.17. The van der Waals surface area contributed by atoms with Gasteiger partial charge in [0.2, 0.25) is 0 Å². The fourth-order valence-electron chi connectivity index (χ4n) is 1.39. The number of methoxy groups -OCH3 is 1. The average molecular weight is 219 g/mol. The van der Waals surface area contributed by atoms with Gasteiger partial charge in [-0.1, -0.05) is 6.07 Å². The van der Waals surface area contributed by atoms with Crippen molar-refractivity contribution in [3.8, 4) is 16.9 Å². The van der Waals surface area contributed by atoms with Gasteiger partial charge in [-0.2, -0.15) is 0 Å². The number of ether oxygens (including phenoxy) is 1. The molecule has 1 heterocycles. The van der Waals surface area contributed by atoms with Crippen LogP contribution in [-0.4, -0.2) is 17.1 Å². The van der Waals surface area contributed by atoms with Gasteiger partial charge in [-0.05, 0) is 17.7 Å². The van der Waals surface area contributed by atoms with Crippen molar-refractivity contribution in [1.82, 2.24) is 9.97 Å². The van der Waals surface area contributed by atoms with Gasteiger partial charge in [0.1, 0.15) is 12.1 Å². The Balaban J connectivity index is 2.53. The number of benzene rings is 1. The molecular weight excluding hydrogens is 209 g/mol. The van der Waals surface area contributed by atoms with Gasteiger partial charge in [-0.25, -0.2) is 14.4 Å². The lowest BCUT2D eigenvalue weighted by molar-refractivity contribution is 0.387. The Labute approximate surface area is 91.9 Å². The molecule has 2 aromatic rings. The molecule has 16 heavy (non-hydrogen) atoms. The van der Waals surface area contributed by atoms with Crippen LogP contribution in [0.15, 0.2) is 30.7 Å². The molecule has 0 atom stereocenters. The van der Waals surface area contributed by atoms with Crippen LogP contribution in [0.1, 0.15) is 0 Å². The highest BCUT2D eigenvalue weighted by atomic mass is 19.1. The van der Waals surface area contributed by atoms with Gasteiger partial charge in [-0.15, -0.1) is 0 Å². The van der Waals surface area contributed by atoms with Crippen LogP contribution in [0, 0.1) is 5.82 Å². The first kappa shape index (κ1) is 10.4. The summed E-state index contributed by atoms with van der Waals surface area (Å²) in [6.45, 7) is 0. The molecule has 0 fully saturated rings. The summed E-state index contributed by atoms with van der Waals surface area (Å²) in [5.74, 6) is 0.103. The van der Waals surface area contributed by atoms with E-state index in [1.54, 1.807) is 18.3 Å². The first-order chi connectivity index (χ1) is 7.72. The quantitative estimate of drug-likeness (QED) is 0.837. The van der Waals surface area contributed by atoms with Crippen LogP contribution in [0.25, 0.3) is 11.1 Å². The smallest absolute Gasteiger partial charge is 0.165 e. The summed E-state index contributed by atoms with van der Waals surface area (Å²) in [5, 5.41) is 0. The van der Waals surface area contributed by atoms with E-state index in [4.69, 9.17) is 10.5 Å². The maximum absolute atomic E-state index is 13.2. The molecule has 82 valence electrons. The maximum atomic E-state index is 13.2. The number of nitrogens with two attached hydrogens (primary N) is 1. The molecule has 0 spiro atoms. The maximum Gasteiger partial charge on any atom is 0.165 e. The van der Waals surface area contributed by atoms with E-state index in [0.29, 0.717) is 11.4 Å². The van der Waals surface area contributed by atoms with Gasteiger partial charge in [-0.3, -0.25) is 0 Å². The van der Waals surface area contributed by atoms with E-state index in [1.165, 1.54) is 19.5 Å². The lowest BCUT2D eigenvalue weighted by atomic mass is 10.1. The molecule has 5 heteroatoms. The molecule has 0 bridgehead atoms. The van der Waals surface area contributed by atoms with Crippen molar-refractivity contribution < 1.29 is 9.13 Å². The Kier molecular flexibility index (Phi) is 2.68. The summed E-state index contributed by atoms with van der Waals surface area (Å²) < 4.78 is 18.1. The van der Waals surface area contributed by atoms with Crippen molar-refractivity contribution in [2.45, 2.75) is 0 Å². The monoisotopic (exact) mass is 219 g/mol. The number of rotatable bonds is 2. The molecule has 0 aliphatic rings. The molecule has 0 radical (unpaired) electrons. The summed E-state index contributed by atoms with van der Waals surface area (Å²) >= 11 is 0. The predicted octanol–water partition coefficient (Wildman–Crippen LogP) is 1.87. The van der Waals surface area contributed by atoms with Crippen LogP contribution >= 0.6 is 0 Å². The molecule has 2 N–H and O–H groups in total. The third-order valence-electron chi connectivity index (χ3n) is 2.21. The minimum atomic E-state index is -0.415. The van der Waals surface area contributed by atoms with Gasteiger partial charge in [0.25, 0.3) is 0 Å². The van der Waals surface area contributed by atoms with Crippen LogP contribution in [0.2, 0.25) is 0 Å². The SMILES string of the molecule is COc1cc(-c2cncnc2N)ccc1F.